The van der Waals surface area contributed by atoms with Crippen LogP contribution >= 0.6 is 0 Å². The summed E-state index contributed by atoms with van der Waals surface area (Å²) >= 11 is 0. The van der Waals surface area contributed by atoms with E-state index < -0.39 is 11.9 Å². The molecule has 0 bridgehead atoms. The van der Waals surface area contributed by atoms with Gasteiger partial charge in [-0.15, -0.1) is 0 Å². The Labute approximate surface area is 104 Å². The van der Waals surface area contributed by atoms with Gasteiger partial charge in [0, 0.05) is 11.1 Å². The van der Waals surface area contributed by atoms with Crippen molar-refractivity contribution < 1.29 is 29.3 Å². The Kier molecular flexibility index (Phi) is 3.98. The molecule has 2 heterocycles. The maximum atomic E-state index is 11.1. The molecule has 0 radical (unpaired) electrons. The van der Waals surface area contributed by atoms with Gasteiger partial charge >= 0.3 is 11.9 Å². The van der Waals surface area contributed by atoms with E-state index in [-0.39, 0.29) is 36.2 Å². The average molecular weight is 256 g/mol. The van der Waals surface area contributed by atoms with Crippen LogP contribution in [0.15, 0.2) is 11.1 Å². The van der Waals surface area contributed by atoms with Gasteiger partial charge in [0.05, 0.1) is 25.4 Å². The molecule has 2 N–H and O–H groups in total. The van der Waals surface area contributed by atoms with Gasteiger partial charge < -0.3 is 19.7 Å². The molecule has 0 aromatic heterocycles. The quantitative estimate of drug-likeness (QED) is 0.492. The van der Waals surface area contributed by atoms with Gasteiger partial charge in [0.15, 0.2) is 0 Å². The minimum Gasteiger partial charge on any atom is -0.478 e. The van der Waals surface area contributed by atoms with Crippen LogP contribution < -0.4 is 0 Å². The van der Waals surface area contributed by atoms with Crippen molar-refractivity contribution in [2.24, 2.45) is 0 Å². The highest BCUT2D eigenvalue weighted by Crippen LogP contribution is 2.25. The Bertz CT molecular complexity index is 342. The van der Waals surface area contributed by atoms with Crippen molar-refractivity contribution in [2.75, 3.05) is 13.2 Å². The van der Waals surface area contributed by atoms with E-state index in [4.69, 9.17) is 19.7 Å². The highest BCUT2D eigenvalue weighted by atomic mass is 16.6. The van der Waals surface area contributed by atoms with E-state index >= 15 is 0 Å². The summed E-state index contributed by atoms with van der Waals surface area (Å²) in [6.45, 7) is 1.29. The molecule has 100 valence electrons. The number of epoxide rings is 2. The molecule has 6 nitrogen and oxygen atoms in total. The molecular weight excluding hydrogens is 240 g/mol. The fourth-order valence-electron chi connectivity index (χ4n) is 1.85. The molecule has 2 unspecified atom stereocenters. The summed E-state index contributed by atoms with van der Waals surface area (Å²) in [5, 5.41) is 18.2. The summed E-state index contributed by atoms with van der Waals surface area (Å²) in [5.41, 5.74) is -0.00250. The normalized spacial score (nSPS) is 26.4. The summed E-state index contributed by atoms with van der Waals surface area (Å²) in [6.07, 6.45) is 1.82. The summed E-state index contributed by atoms with van der Waals surface area (Å²) in [4.78, 5) is 22.3. The van der Waals surface area contributed by atoms with E-state index in [1.165, 1.54) is 0 Å². The first kappa shape index (κ1) is 13.0. The molecule has 6 heteroatoms. The Morgan fingerprint density at radius 2 is 1.22 bits per heavy atom. The van der Waals surface area contributed by atoms with Crippen LogP contribution in [0.2, 0.25) is 0 Å². The lowest BCUT2D eigenvalue weighted by molar-refractivity contribution is -0.136. The Morgan fingerprint density at radius 1 is 0.889 bits per heavy atom. The van der Waals surface area contributed by atoms with Crippen molar-refractivity contribution in [1.82, 2.24) is 0 Å². The number of aliphatic carboxylic acids is 2. The molecule has 2 rings (SSSR count). The minimum atomic E-state index is -1.15. The van der Waals surface area contributed by atoms with Crippen LogP contribution in [0, 0.1) is 0 Å². The van der Waals surface area contributed by atoms with Crippen molar-refractivity contribution >= 4 is 11.9 Å². The molecule has 0 amide bonds. The summed E-state index contributed by atoms with van der Waals surface area (Å²) in [6, 6.07) is 0. The number of carboxylic acids is 2. The van der Waals surface area contributed by atoms with E-state index in [0.717, 1.165) is 0 Å². The first-order chi connectivity index (χ1) is 8.58. The zero-order valence-corrected chi connectivity index (χ0v) is 9.92. The molecule has 0 spiro atoms. The van der Waals surface area contributed by atoms with Crippen LogP contribution in [-0.4, -0.2) is 47.6 Å². The second kappa shape index (κ2) is 5.49. The third-order valence-corrected chi connectivity index (χ3v) is 3.12. The van der Waals surface area contributed by atoms with Gasteiger partial charge in [-0.05, 0) is 25.7 Å². The van der Waals surface area contributed by atoms with Crippen molar-refractivity contribution in [3.8, 4) is 0 Å². The van der Waals surface area contributed by atoms with Crippen LogP contribution in [0.5, 0.6) is 0 Å². The Morgan fingerprint density at radius 3 is 1.44 bits per heavy atom. The lowest BCUT2D eigenvalue weighted by Gasteiger charge is -2.07. The van der Waals surface area contributed by atoms with Gasteiger partial charge in [-0.3, -0.25) is 0 Å². The van der Waals surface area contributed by atoms with Crippen LogP contribution in [0.25, 0.3) is 0 Å². The van der Waals surface area contributed by atoms with Gasteiger partial charge in [-0.25, -0.2) is 9.59 Å². The molecule has 0 aliphatic carbocycles. The number of rotatable bonds is 8. The second-order valence-electron chi connectivity index (χ2n) is 4.56. The average Bonchev–Trinajstić information content (AvgIpc) is 3.12. The van der Waals surface area contributed by atoms with Crippen molar-refractivity contribution in [2.45, 2.75) is 37.9 Å². The number of carbonyl (C=O) groups is 2. The number of carboxylic acid groups (broad SMARTS) is 2. The van der Waals surface area contributed by atoms with Gasteiger partial charge in [0.25, 0.3) is 0 Å². The fourth-order valence-corrected chi connectivity index (χ4v) is 1.85. The predicted molar refractivity (Wildman–Crippen MR) is 60.2 cm³/mol. The van der Waals surface area contributed by atoms with E-state index in [9.17, 15) is 9.59 Å². The smallest absolute Gasteiger partial charge is 0.332 e. The second-order valence-corrected chi connectivity index (χ2v) is 4.56. The topological polar surface area (TPSA) is 99.7 Å². The Balaban J connectivity index is 2.03. The molecule has 2 aliphatic heterocycles. The SMILES string of the molecule is O=C(O)C(CCC1CO1)=C(CCC1CO1)C(=O)O. The highest BCUT2D eigenvalue weighted by molar-refractivity contribution is 5.98. The zero-order chi connectivity index (χ0) is 13.1. The molecular formula is C12H16O6. The summed E-state index contributed by atoms with van der Waals surface area (Å²) < 4.78 is 10.0. The van der Waals surface area contributed by atoms with Crippen molar-refractivity contribution in [1.29, 1.82) is 0 Å². The lowest BCUT2D eigenvalue weighted by Crippen LogP contribution is -2.13. The molecule has 2 aliphatic rings. The maximum absolute atomic E-state index is 11.1. The maximum Gasteiger partial charge on any atom is 0.332 e. The lowest BCUT2D eigenvalue weighted by atomic mass is 9.98. The molecule has 18 heavy (non-hydrogen) atoms. The van der Waals surface area contributed by atoms with Crippen LogP contribution in [0.3, 0.4) is 0 Å². The molecule has 2 saturated heterocycles. The molecule has 2 fully saturated rings. The number of hydrogen-bond acceptors (Lipinski definition) is 4. The fraction of sp³-hybridized carbons (Fsp3) is 0.667. The zero-order valence-electron chi connectivity index (χ0n) is 9.92. The van der Waals surface area contributed by atoms with E-state index in [1.807, 2.05) is 0 Å². The third kappa shape index (κ3) is 3.82. The number of ether oxygens (including phenoxy) is 2. The van der Waals surface area contributed by atoms with E-state index in [2.05, 4.69) is 0 Å². The van der Waals surface area contributed by atoms with Gasteiger partial charge in [0.2, 0.25) is 0 Å². The predicted octanol–water partition coefficient (Wildman–Crippen LogP) is 0.810. The summed E-state index contributed by atoms with van der Waals surface area (Å²) in [5.74, 6) is -2.30. The van der Waals surface area contributed by atoms with Crippen molar-refractivity contribution in [3.63, 3.8) is 0 Å². The molecule has 0 saturated carbocycles. The van der Waals surface area contributed by atoms with Crippen molar-refractivity contribution in [3.05, 3.63) is 11.1 Å². The Hall–Kier alpha value is -1.40. The van der Waals surface area contributed by atoms with E-state index in [0.29, 0.717) is 26.1 Å². The summed E-state index contributed by atoms with van der Waals surface area (Å²) in [7, 11) is 0. The minimum absolute atomic E-state index is 0.00125. The monoisotopic (exact) mass is 256 g/mol. The van der Waals surface area contributed by atoms with Crippen LogP contribution in [0.4, 0.5) is 0 Å². The standard InChI is InChI=1S/C12H16O6/c13-11(14)9(3-1-7-5-17-7)10(12(15)16)4-2-8-6-18-8/h7-8H,1-6H2,(H,13,14)(H,15,16). The molecule has 0 aromatic carbocycles. The number of hydrogen-bond donors (Lipinski definition) is 2. The van der Waals surface area contributed by atoms with E-state index in [1.54, 1.807) is 0 Å². The largest absolute Gasteiger partial charge is 0.478 e. The highest BCUT2D eigenvalue weighted by Gasteiger charge is 2.28. The first-order valence-corrected chi connectivity index (χ1v) is 5.99. The van der Waals surface area contributed by atoms with Crippen LogP contribution in [0.1, 0.15) is 25.7 Å². The van der Waals surface area contributed by atoms with Gasteiger partial charge in [-0.2, -0.15) is 0 Å². The molecule has 0 aromatic rings. The third-order valence-electron chi connectivity index (χ3n) is 3.12. The van der Waals surface area contributed by atoms with Gasteiger partial charge in [0.1, 0.15) is 0 Å². The molecule has 2 atom stereocenters. The van der Waals surface area contributed by atoms with Crippen LogP contribution in [-0.2, 0) is 19.1 Å². The first-order valence-electron chi connectivity index (χ1n) is 5.99. The van der Waals surface area contributed by atoms with Gasteiger partial charge in [-0.1, -0.05) is 0 Å².